The molecule has 2 atom stereocenters. The van der Waals surface area contributed by atoms with Gasteiger partial charge in [0.25, 0.3) is 0 Å². The maximum absolute atomic E-state index is 12.8. The van der Waals surface area contributed by atoms with Crippen molar-refractivity contribution < 1.29 is 28.6 Å². The molecule has 0 aromatic heterocycles. The Labute approximate surface area is 267 Å². The second-order valence-electron chi connectivity index (χ2n) is 12.3. The number of esters is 2. The number of rotatable bonds is 27. The zero-order chi connectivity index (χ0) is 32.3. The van der Waals surface area contributed by atoms with E-state index in [4.69, 9.17) is 14.2 Å². The molecule has 1 aromatic carbocycles. The summed E-state index contributed by atoms with van der Waals surface area (Å²) < 4.78 is 16.3. The average molecular weight is 616 g/mol. The van der Waals surface area contributed by atoms with Crippen LogP contribution in [-0.2, 0) is 30.4 Å². The Kier molecular flexibility index (Phi) is 23.7. The highest BCUT2D eigenvalue weighted by molar-refractivity contribution is 5.81. The first kappa shape index (κ1) is 39.2. The third kappa shape index (κ3) is 21.0. The lowest BCUT2D eigenvalue weighted by Crippen LogP contribution is -2.46. The summed E-state index contributed by atoms with van der Waals surface area (Å²) in [6.45, 7) is 10.0. The van der Waals surface area contributed by atoms with Crippen LogP contribution in [0.25, 0.3) is 0 Å². The Bertz CT molecular complexity index is 887. The van der Waals surface area contributed by atoms with Crippen LogP contribution in [-0.4, -0.2) is 37.3 Å². The van der Waals surface area contributed by atoms with Crippen molar-refractivity contribution >= 4 is 18.0 Å². The number of carbonyl (C=O) groups is 3. The summed E-state index contributed by atoms with van der Waals surface area (Å²) in [4.78, 5) is 37.4. The van der Waals surface area contributed by atoms with Gasteiger partial charge >= 0.3 is 18.0 Å². The molecule has 0 saturated heterocycles. The fraction of sp³-hybridized carbons (Fsp3) is 0.703. The van der Waals surface area contributed by atoms with Crippen LogP contribution in [0.4, 0.5) is 4.79 Å². The van der Waals surface area contributed by atoms with Gasteiger partial charge in [0, 0.05) is 12.3 Å². The first-order valence-electron chi connectivity index (χ1n) is 17.3. The maximum Gasteiger partial charge on any atom is 0.408 e. The van der Waals surface area contributed by atoms with Gasteiger partial charge in [-0.05, 0) is 24.3 Å². The summed E-state index contributed by atoms with van der Waals surface area (Å²) in [5, 5.41) is 2.61. The molecule has 0 aliphatic carbocycles. The zero-order valence-corrected chi connectivity index (χ0v) is 28.0. The second-order valence-corrected chi connectivity index (χ2v) is 12.3. The Morgan fingerprint density at radius 2 is 1.27 bits per heavy atom. The molecule has 0 radical (unpaired) electrons. The molecule has 1 rings (SSSR count). The first-order chi connectivity index (χ1) is 21.4. The largest absolute Gasteiger partial charge is 0.465 e. The molecule has 1 aromatic rings. The van der Waals surface area contributed by atoms with E-state index in [1.54, 1.807) is 6.08 Å². The average Bonchev–Trinajstić information content (AvgIpc) is 3.02. The van der Waals surface area contributed by atoms with Crippen molar-refractivity contribution in [3.8, 4) is 0 Å². The van der Waals surface area contributed by atoms with Crippen molar-refractivity contribution in [3.05, 3.63) is 48.6 Å². The van der Waals surface area contributed by atoms with Crippen molar-refractivity contribution in [2.24, 2.45) is 11.8 Å². The van der Waals surface area contributed by atoms with E-state index < -0.39 is 18.1 Å². The van der Waals surface area contributed by atoms with Gasteiger partial charge in [-0.1, -0.05) is 147 Å². The van der Waals surface area contributed by atoms with Gasteiger partial charge in [-0.15, -0.1) is 6.58 Å². The van der Waals surface area contributed by atoms with Crippen molar-refractivity contribution in [2.75, 3.05) is 13.2 Å². The number of benzene rings is 1. The van der Waals surface area contributed by atoms with Crippen LogP contribution >= 0.6 is 0 Å². The predicted octanol–water partition coefficient (Wildman–Crippen LogP) is 9.48. The molecule has 0 aliphatic heterocycles. The van der Waals surface area contributed by atoms with Gasteiger partial charge in [-0.25, -0.2) is 9.59 Å². The lowest BCUT2D eigenvalue weighted by Gasteiger charge is -2.22. The highest BCUT2D eigenvalue weighted by atomic mass is 16.6. The third-order valence-electron chi connectivity index (χ3n) is 7.83. The van der Waals surface area contributed by atoms with E-state index >= 15 is 0 Å². The molecule has 0 bridgehead atoms. The van der Waals surface area contributed by atoms with E-state index in [0.29, 0.717) is 12.8 Å². The van der Waals surface area contributed by atoms with Crippen LogP contribution in [0.5, 0.6) is 0 Å². The van der Waals surface area contributed by atoms with Gasteiger partial charge in [0.2, 0.25) is 0 Å². The fourth-order valence-corrected chi connectivity index (χ4v) is 5.02. The predicted molar refractivity (Wildman–Crippen MR) is 178 cm³/mol. The number of allylic oxidation sites excluding steroid dienone is 1. The van der Waals surface area contributed by atoms with E-state index in [1.807, 2.05) is 44.2 Å². The number of hydrogen-bond acceptors (Lipinski definition) is 6. The number of alkyl carbamates (subject to hydrolysis) is 1. The summed E-state index contributed by atoms with van der Waals surface area (Å²) in [6, 6.07) is 8.47. The minimum absolute atomic E-state index is 0.0705. The molecule has 0 saturated carbocycles. The van der Waals surface area contributed by atoms with Gasteiger partial charge < -0.3 is 19.5 Å². The van der Waals surface area contributed by atoms with E-state index in [1.165, 1.54) is 77.0 Å². The summed E-state index contributed by atoms with van der Waals surface area (Å²) in [5.41, 5.74) is 0.854. The third-order valence-corrected chi connectivity index (χ3v) is 7.83. The fourth-order valence-electron chi connectivity index (χ4n) is 5.02. The zero-order valence-electron chi connectivity index (χ0n) is 28.0. The quantitative estimate of drug-likeness (QED) is 0.0459. The second kappa shape index (κ2) is 26.6. The molecule has 7 nitrogen and oxygen atoms in total. The Balaban J connectivity index is 2.17. The Morgan fingerprint density at radius 1 is 0.750 bits per heavy atom. The lowest BCUT2D eigenvalue weighted by molar-refractivity contribution is -0.151. The van der Waals surface area contributed by atoms with Crippen LogP contribution in [0, 0.1) is 11.8 Å². The number of unbranched alkanes of at least 4 members (excludes halogenated alkanes) is 14. The first-order valence-corrected chi connectivity index (χ1v) is 17.3. The molecule has 250 valence electrons. The SMILES string of the molecule is C=CCC(COC(=O)CCCCCCCCCCCCCCCCC)COC(=O)[C@@H](NC(=O)OCc1ccccc1)C(C)C. The van der Waals surface area contributed by atoms with Crippen molar-refractivity contribution in [1.82, 2.24) is 5.32 Å². The van der Waals surface area contributed by atoms with Crippen molar-refractivity contribution in [2.45, 2.75) is 143 Å². The van der Waals surface area contributed by atoms with Crippen LogP contribution in [0.1, 0.15) is 135 Å². The van der Waals surface area contributed by atoms with Gasteiger partial charge in [-0.3, -0.25) is 4.79 Å². The summed E-state index contributed by atoms with van der Waals surface area (Å²) in [5.74, 6) is -1.16. The topological polar surface area (TPSA) is 90.9 Å². The van der Waals surface area contributed by atoms with Gasteiger partial charge in [0.15, 0.2) is 0 Å². The standard InChI is InChI=1S/C37H61NO6/c1-5-7-8-9-10-11-12-13-14-15-16-17-18-19-23-27-34(39)42-29-33(24-6-2)30-43-36(40)35(31(3)4)38-37(41)44-28-32-25-21-20-22-26-32/h6,20-22,25-26,31,33,35H,2,5,7-19,23-24,27-30H2,1,3-4H3,(H,38,41)/t33?,35-/m0/s1. The van der Waals surface area contributed by atoms with Gasteiger partial charge in [-0.2, -0.15) is 0 Å². The molecule has 44 heavy (non-hydrogen) atoms. The normalized spacial score (nSPS) is 12.4. The molecular formula is C37H61NO6. The van der Waals surface area contributed by atoms with Gasteiger partial charge in [0.1, 0.15) is 12.6 Å². The van der Waals surface area contributed by atoms with Crippen molar-refractivity contribution in [1.29, 1.82) is 0 Å². The van der Waals surface area contributed by atoms with E-state index in [-0.39, 0.29) is 37.6 Å². The van der Waals surface area contributed by atoms with Crippen LogP contribution in [0.2, 0.25) is 0 Å². The molecule has 7 heteroatoms. The van der Waals surface area contributed by atoms with Gasteiger partial charge in [0.05, 0.1) is 13.2 Å². The molecule has 0 heterocycles. The lowest BCUT2D eigenvalue weighted by atomic mass is 10.0. The number of carbonyl (C=O) groups excluding carboxylic acids is 3. The summed E-state index contributed by atoms with van der Waals surface area (Å²) in [7, 11) is 0. The molecule has 0 aliphatic rings. The molecule has 1 amide bonds. The number of nitrogens with one attached hydrogen (secondary N) is 1. The van der Waals surface area contributed by atoms with E-state index in [0.717, 1.165) is 24.8 Å². The molecule has 0 fully saturated rings. The minimum Gasteiger partial charge on any atom is -0.465 e. The Hall–Kier alpha value is -2.83. The number of ether oxygens (including phenoxy) is 3. The number of amides is 1. The number of hydrogen-bond donors (Lipinski definition) is 1. The smallest absolute Gasteiger partial charge is 0.408 e. The molecule has 0 spiro atoms. The van der Waals surface area contributed by atoms with Crippen LogP contribution < -0.4 is 5.32 Å². The van der Waals surface area contributed by atoms with Crippen molar-refractivity contribution in [3.63, 3.8) is 0 Å². The summed E-state index contributed by atoms with van der Waals surface area (Å²) >= 11 is 0. The van der Waals surface area contributed by atoms with E-state index in [9.17, 15) is 14.4 Å². The highest BCUT2D eigenvalue weighted by Crippen LogP contribution is 2.15. The maximum atomic E-state index is 12.8. The van der Waals surface area contributed by atoms with Crippen LogP contribution in [0.15, 0.2) is 43.0 Å². The van der Waals surface area contributed by atoms with Crippen LogP contribution in [0.3, 0.4) is 0 Å². The molecule has 1 unspecified atom stereocenters. The molecular weight excluding hydrogens is 554 g/mol. The minimum atomic E-state index is -0.852. The highest BCUT2D eigenvalue weighted by Gasteiger charge is 2.27. The van der Waals surface area contributed by atoms with E-state index in [2.05, 4.69) is 18.8 Å². The molecule has 1 N–H and O–H groups in total. The Morgan fingerprint density at radius 3 is 1.80 bits per heavy atom. The summed E-state index contributed by atoms with van der Waals surface area (Å²) in [6.07, 6.45) is 21.2. The monoisotopic (exact) mass is 615 g/mol.